The fraction of sp³-hybridized carbons (Fsp3) is 0.308. The van der Waals surface area contributed by atoms with Gasteiger partial charge in [0.05, 0.1) is 12.7 Å². The molecule has 0 amide bonds. The molecule has 0 saturated heterocycles. The molecule has 0 aliphatic heterocycles. The number of aliphatic hydroxyl groups excluding tert-OH is 1. The van der Waals surface area contributed by atoms with Gasteiger partial charge in [-0.1, -0.05) is 15.9 Å². The van der Waals surface area contributed by atoms with E-state index in [0.717, 1.165) is 15.4 Å². The Kier molecular flexibility index (Phi) is 4.04. The standard InChI is InChI=1S/C13H14BrNO3/c1-18-13(17)11-8-15(5-2-6-16)12-4-3-9(14)7-10(11)12/h3-4,7-8,16H,2,5-6H2,1H3. The number of aliphatic hydroxyl groups is 1. The molecule has 4 nitrogen and oxygen atoms in total. The van der Waals surface area contributed by atoms with Crippen molar-refractivity contribution in [3.05, 3.63) is 34.4 Å². The molecule has 0 aliphatic rings. The molecule has 0 atom stereocenters. The second kappa shape index (κ2) is 5.54. The van der Waals surface area contributed by atoms with Gasteiger partial charge in [-0.15, -0.1) is 0 Å². The van der Waals surface area contributed by atoms with E-state index in [1.165, 1.54) is 7.11 Å². The van der Waals surface area contributed by atoms with Crippen molar-refractivity contribution in [2.24, 2.45) is 0 Å². The van der Waals surface area contributed by atoms with Crippen molar-refractivity contribution in [1.29, 1.82) is 0 Å². The number of methoxy groups -OCH3 is 1. The van der Waals surface area contributed by atoms with Gasteiger partial charge in [0, 0.05) is 34.7 Å². The summed E-state index contributed by atoms with van der Waals surface area (Å²) in [5, 5.41) is 9.75. The average Bonchev–Trinajstić information content (AvgIpc) is 2.73. The number of carbonyl (C=O) groups excluding carboxylic acids is 1. The Bertz CT molecular complexity index is 577. The highest BCUT2D eigenvalue weighted by molar-refractivity contribution is 9.10. The molecule has 0 spiro atoms. The lowest BCUT2D eigenvalue weighted by Gasteiger charge is -2.03. The van der Waals surface area contributed by atoms with Gasteiger partial charge in [0.25, 0.3) is 0 Å². The van der Waals surface area contributed by atoms with E-state index in [4.69, 9.17) is 9.84 Å². The monoisotopic (exact) mass is 311 g/mol. The van der Waals surface area contributed by atoms with Crippen LogP contribution in [0.25, 0.3) is 10.9 Å². The second-order valence-corrected chi connectivity index (χ2v) is 4.88. The minimum absolute atomic E-state index is 0.129. The van der Waals surface area contributed by atoms with Crippen molar-refractivity contribution in [2.45, 2.75) is 13.0 Å². The van der Waals surface area contributed by atoms with E-state index in [2.05, 4.69) is 15.9 Å². The summed E-state index contributed by atoms with van der Waals surface area (Å²) in [6, 6.07) is 5.78. The normalized spacial score (nSPS) is 10.8. The van der Waals surface area contributed by atoms with Crippen LogP contribution in [0.2, 0.25) is 0 Å². The zero-order chi connectivity index (χ0) is 13.1. The van der Waals surface area contributed by atoms with E-state index in [0.29, 0.717) is 18.5 Å². The van der Waals surface area contributed by atoms with Crippen LogP contribution in [0.3, 0.4) is 0 Å². The zero-order valence-electron chi connectivity index (χ0n) is 10.0. The Labute approximate surface area is 113 Å². The predicted molar refractivity (Wildman–Crippen MR) is 72.7 cm³/mol. The minimum atomic E-state index is -0.346. The molecule has 96 valence electrons. The van der Waals surface area contributed by atoms with Crippen LogP contribution < -0.4 is 0 Å². The predicted octanol–water partition coefficient (Wildman–Crippen LogP) is 2.57. The maximum absolute atomic E-state index is 11.7. The van der Waals surface area contributed by atoms with E-state index in [1.54, 1.807) is 6.20 Å². The summed E-state index contributed by atoms with van der Waals surface area (Å²) >= 11 is 3.40. The molecule has 0 fully saturated rings. The fourth-order valence-corrected chi connectivity index (χ4v) is 2.33. The van der Waals surface area contributed by atoms with Crippen LogP contribution in [-0.4, -0.2) is 29.4 Å². The number of rotatable bonds is 4. The lowest BCUT2D eigenvalue weighted by molar-refractivity contribution is 0.0602. The number of aromatic nitrogens is 1. The third-order valence-corrected chi connectivity index (χ3v) is 3.30. The summed E-state index contributed by atoms with van der Waals surface area (Å²) in [4.78, 5) is 11.7. The molecule has 0 unspecified atom stereocenters. The van der Waals surface area contributed by atoms with Crippen molar-refractivity contribution in [3.8, 4) is 0 Å². The molecule has 2 rings (SSSR count). The first-order valence-electron chi connectivity index (χ1n) is 5.65. The summed E-state index contributed by atoms with van der Waals surface area (Å²) in [7, 11) is 1.37. The first-order chi connectivity index (χ1) is 8.67. The van der Waals surface area contributed by atoms with E-state index >= 15 is 0 Å². The Balaban J connectivity index is 2.56. The lowest BCUT2D eigenvalue weighted by Crippen LogP contribution is -2.01. The molecule has 2 aromatic rings. The first kappa shape index (κ1) is 13.1. The number of esters is 1. The van der Waals surface area contributed by atoms with Crippen LogP contribution >= 0.6 is 15.9 Å². The van der Waals surface area contributed by atoms with E-state index in [1.807, 2.05) is 22.8 Å². The molecule has 1 aromatic heterocycles. The number of nitrogens with zero attached hydrogens (tertiary/aromatic N) is 1. The highest BCUT2D eigenvalue weighted by Crippen LogP contribution is 2.26. The van der Waals surface area contributed by atoms with Crippen LogP contribution in [0.1, 0.15) is 16.8 Å². The lowest BCUT2D eigenvalue weighted by atomic mass is 10.2. The van der Waals surface area contributed by atoms with Gasteiger partial charge in [-0.2, -0.15) is 0 Å². The molecular weight excluding hydrogens is 298 g/mol. The van der Waals surface area contributed by atoms with Gasteiger partial charge in [0.1, 0.15) is 0 Å². The molecule has 5 heteroatoms. The van der Waals surface area contributed by atoms with Crippen molar-refractivity contribution in [3.63, 3.8) is 0 Å². The number of hydrogen-bond acceptors (Lipinski definition) is 3. The number of ether oxygens (including phenoxy) is 1. The fourth-order valence-electron chi connectivity index (χ4n) is 1.97. The van der Waals surface area contributed by atoms with Crippen LogP contribution in [0.5, 0.6) is 0 Å². The topological polar surface area (TPSA) is 51.5 Å². The molecule has 1 N–H and O–H groups in total. The Morgan fingerprint density at radius 1 is 1.50 bits per heavy atom. The van der Waals surface area contributed by atoms with Gasteiger partial charge in [-0.05, 0) is 24.6 Å². The van der Waals surface area contributed by atoms with Crippen LogP contribution in [0, 0.1) is 0 Å². The van der Waals surface area contributed by atoms with Crippen molar-refractivity contribution >= 4 is 32.8 Å². The van der Waals surface area contributed by atoms with Crippen LogP contribution in [0.4, 0.5) is 0 Å². The first-order valence-corrected chi connectivity index (χ1v) is 6.44. The smallest absolute Gasteiger partial charge is 0.340 e. The third-order valence-electron chi connectivity index (χ3n) is 2.81. The van der Waals surface area contributed by atoms with Crippen molar-refractivity contribution in [1.82, 2.24) is 4.57 Å². The van der Waals surface area contributed by atoms with Gasteiger partial charge < -0.3 is 14.4 Å². The van der Waals surface area contributed by atoms with E-state index in [-0.39, 0.29) is 12.6 Å². The quantitative estimate of drug-likeness (QED) is 0.883. The highest BCUT2D eigenvalue weighted by Gasteiger charge is 2.15. The summed E-state index contributed by atoms with van der Waals surface area (Å²) in [6.45, 7) is 0.801. The maximum Gasteiger partial charge on any atom is 0.340 e. The summed E-state index contributed by atoms with van der Waals surface area (Å²) < 4.78 is 7.66. The average molecular weight is 312 g/mol. The molecule has 0 aliphatic carbocycles. The summed E-state index contributed by atoms with van der Waals surface area (Å²) in [6.07, 6.45) is 2.43. The van der Waals surface area contributed by atoms with Gasteiger partial charge in [0.15, 0.2) is 0 Å². The van der Waals surface area contributed by atoms with Gasteiger partial charge in [-0.25, -0.2) is 4.79 Å². The van der Waals surface area contributed by atoms with Gasteiger partial charge in [0.2, 0.25) is 0 Å². The second-order valence-electron chi connectivity index (χ2n) is 3.97. The van der Waals surface area contributed by atoms with Gasteiger partial charge >= 0.3 is 5.97 Å². The van der Waals surface area contributed by atoms with Crippen LogP contribution in [-0.2, 0) is 11.3 Å². The highest BCUT2D eigenvalue weighted by atomic mass is 79.9. The largest absolute Gasteiger partial charge is 0.465 e. The summed E-state index contributed by atoms with van der Waals surface area (Å²) in [5.74, 6) is -0.346. The Morgan fingerprint density at radius 2 is 2.28 bits per heavy atom. The van der Waals surface area contributed by atoms with Gasteiger partial charge in [-0.3, -0.25) is 0 Å². The molecule has 1 aromatic carbocycles. The molecule has 1 heterocycles. The van der Waals surface area contributed by atoms with Crippen LogP contribution in [0.15, 0.2) is 28.9 Å². The van der Waals surface area contributed by atoms with Crippen molar-refractivity contribution < 1.29 is 14.6 Å². The maximum atomic E-state index is 11.7. The number of carbonyl (C=O) groups is 1. The molecular formula is C13H14BrNO3. The minimum Gasteiger partial charge on any atom is -0.465 e. The molecule has 18 heavy (non-hydrogen) atoms. The number of fused-ring (bicyclic) bond motifs is 1. The zero-order valence-corrected chi connectivity index (χ0v) is 11.6. The van der Waals surface area contributed by atoms with E-state index < -0.39 is 0 Å². The van der Waals surface area contributed by atoms with E-state index in [9.17, 15) is 4.79 Å². The molecule has 0 saturated carbocycles. The Hall–Kier alpha value is -1.33. The number of benzene rings is 1. The number of hydrogen-bond donors (Lipinski definition) is 1. The third kappa shape index (κ3) is 2.42. The summed E-state index contributed by atoms with van der Waals surface area (Å²) in [5.41, 5.74) is 1.51. The Morgan fingerprint density at radius 3 is 2.94 bits per heavy atom. The molecule has 0 radical (unpaired) electrons. The number of aryl methyl sites for hydroxylation is 1. The SMILES string of the molecule is COC(=O)c1cn(CCCO)c2ccc(Br)cc12. The molecule has 0 bridgehead atoms. The van der Waals surface area contributed by atoms with Crippen molar-refractivity contribution in [2.75, 3.05) is 13.7 Å². The number of halogens is 1.